The van der Waals surface area contributed by atoms with E-state index in [2.05, 4.69) is 24.5 Å². The van der Waals surface area contributed by atoms with Crippen LogP contribution in [0.2, 0.25) is 0 Å². The van der Waals surface area contributed by atoms with Crippen molar-refractivity contribution in [1.29, 1.82) is 0 Å². The summed E-state index contributed by atoms with van der Waals surface area (Å²) in [5.74, 6) is 0.166. The van der Waals surface area contributed by atoms with E-state index in [1.807, 2.05) is 6.92 Å². The minimum Gasteiger partial charge on any atom is -0.396 e. The SMILES string of the molecule is CCCC1(C(=O)NC(C)(CC)CCO)CCCNC1. The van der Waals surface area contributed by atoms with Crippen molar-refractivity contribution in [2.24, 2.45) is 5.41 Å². The molecule has 4 heteroatoms. The number of hydrogen-bond acceptors (Lipinski definition) is 3. The van der Waals surface area contributed by atoms with Crippen LogP contribution in [0.5, 0.6) is 0 Å². The topological polar surface area (TPSA) is 61.4 Å². The molecule has 1 aliphatic heterocycles. The van der Waals surface area contributed by atoms with Crippen LogP contribution < -0.4 is 10.6 Å². The van der Waals surface area contributed by atoms with Gasteiger partial charge in [0.15, 0.2) is 0 Å². The fraction of sp³-hybridized carbons (Fsp3) is 0.933. The first kappa shape index (κ1) is 16.4. The maximum absolute atomic E-state index is 12.7. The summed E-state index contributed by atoms with van der Waals surface area (Å²) in [6.45, 7) is 8.13. The molecule has 0 aromatic carbocycles. The Bertz CT molecular complexity index is 282. The van der Waals surface area contributed by atoms with Crippen LogP contribution in [0.15, 0.2) is 0 Å². The van der Waals surface area contributed by atoms with Gasteiger partial charge < -0.3 is 15.7 Å². The minimum absolute atomic E-state index is 0.115. The molecule has 0 aromatic heterocycles. The second-order valence-electron chi connectivity index (χ2n) is 6.15. The molecular weight excluding hydrogens is 240 g/mol. The van der Waals surface area contributed by atoms with Crippen LogP contribution in [-0.4, -0.2) is 36.2 Å². The van der Waals surface area contributed by atoms with Crippen molar-refractivity contribution in [3.8, 4) is 0 Å². The summed E-state index contributed by atoms with van der Waals surface area (Å²) in [6.07, 6.45) is 5.46. The lowest BCUT2D eigenvalue weighted by Gasteiger charge is -2.40. The van der Waals surface area contributed by atoms with Gasteiger partial charge in [-0.1, -0.05) is 20.3 Å². The van der Waals surface area contributed by atoms with Gasteiger partial charge in [-0.05, 0) is 45.6 Å². The van der Waals surface area contributed by atoms with Gasteiger partial charge >= 0.3 is 0 Å². The highest BCUT2D eigenvalue weighted by molar-refractivity contribution is 5.83. The standard InChI is InChI=1S/C15H30N2O2/c1-4-7-15(8-6-10-16-12-15)13(19)17-14(3,5-2)9-11-18/h16,18H,4-12H2,1-3H3,(H,17,19). The Morgan fingerprint density at radius 1 is 1.47 bits per heavy atom. The van der Waals surface area contributed by atoms with E-state index in [-0.39, 0.29) is 23.5 Å². The average molecular weight is 270 g/mol. The van der Waals surface area contributed by atoms with Gasteiger partial charge in [-0.3, -0.25) is 4.79 Å². The molecule has 3 N–H and O–H groups in total. The van der Waals surface area contributed by atoms with Crippen molar-refractivity contribution in [2.45, 2.75) is 64.8 Å². The molecule has 1 saturated heterocycles. The summed E-state index contributed by atoms with van der Waals surface area (Å²) in [5.41, 5.74) is -0.539. The molecule has 1 amide bonds. The van der Waals surface area contributed by atoms with Gasteiger partial charge in [0.25, 0.3) is 0 Å². The van der Waals surface area contributed by atoms with Crippen LogP contribution in [0, 0.1) is 5.41 Å². The summed E-state index contributed by atoms with van der Waals surface area (Å²) in [5, 5.41) is 15.7. The van der Waals surface area contributed by atoms with E-state index in [1.54, 1.807) is 0 Å². The zero-order valence-electron chi connectivity index (χ0n) is 12.7. The van der Waals surface area contributed by atoms with E-state index >= 15 is 0 Å². The highest BCUT2D eigenvalue weighted by Gasteiger charge is 2.40. The smallest absolute Gasteiger partial charge is 0.227 e. The lowest BCUT2D eigenvalue weighted by Crippen LogP contribution is -2.56. The van der Waals surface area contributed by atoms with Crippen molar-refractivity contribution in [1.82, 2.24) is 10.6 Å². The first-order chi connectivity index (χ1) is 9.02. The second kappa shape index (κ2) is 7.25. The molecular formula is C15H30N2O2. The third-order valence-corrected chi connectivity index (χ3v) is 4.54. The number of aliphatic hydroxyl groups is 1. The lowest BCUT2D eigenvalue weighted by molar-refractivity contribution is -0.134. The third kappa shape index (κ3) is 4.18. The van der Waals surface area contributed by atoms with E-state index < -0.39 is 0 Å². The molecule has 4 nitrogen and oxygen atoms in total. The van der Waals surface area contributed by atoms with Gasteiger partial charge in [-0.2, -0.15) is 0 Å². The van der Waals surface area contributed by atoms with Crippen LogP contribution in [0.3, 0.4) is 0 Å². The van der Waals surface area contributed by atoms with Crippen molar-refractivity contribution < 1.29 is 9.90 Å². The Labute approximate surface area is 117 Å². The van der Waals surface area contributed by atoms with Gasteiger partial charge in [0, 0.05) is 18.7 Å². The molecule has 0 bridgehead atoms. The number of piperidine rings is 1. The van der Waals surface area contributed by atoms with E-state index in [0.29, 0.717) is 6.42 Å². The summed E-state index contributed by atoms with van der Waals surface area (Å²) < 4.78 is 0. The fourth-order valence-corrected chi connectivity index (χ4v) is 2.95. The highest BCUT2D eigenvalue weighted by atomic mass is 16.3. The molecule has 1 rings (SSSR count). The van der Waals surface area contributed by atoms with Crippen LogP contribution in [-0.2, 0) is 4.79 Å². The van der Waals surface area contributed by atoms with E-state index in [4.69, 9.17) is 5.11 Å². The van der Waals surface area contributed by atoms with Gasteiger partial charge in [0.1, 0.15) is 0 Å². The Hall–Kier alpha value is -0.610. The Balaban J connectivity index is 2.76. The monoisotopic (exact) mass is 270 g/mol. The maximum Gasteiger partial charge on any atom is 0.227 e. The molecule has 112 valence electrons. The Morgan fingerprint density at radius 2 is 2.21 bits per heavy atom. The first-order valence-corrected chi connectivity index (χ1v) is 7.66. The fourth-order valence-electron chi connectivity index (χ4n) is 2.95. The summed E-state index contributed by atoms with van der Waals surface area (Å²) >= 11 is 0. The molecule has 1 heterocycles. The number of aliphatic hydroxyl groups excluding tert-OH is 1. The molecule has 0 aliphatic carbocycles. The zero-order valence-corrected chi connectivity index (χ0v) is 12.7. The lowest BCUT2D eigenvalue weighted by atomic mass is 9.75. The number of rotatable bonds is 7. The molecule has 0 saturated carbocycles. The van der Waals surface area contributed by atoms with Crippen LogP contribution in [0.25, 0.3) is 0 Å². The number of amides is 1. The number of hydrogen-bond donors (Lipinski definition) is 3. The van der Waals surface area contributed by atoms with Crippen molar-refractivity contribution >= 4 is 5.91 Å². The number of carbonyl (C=O) groups is 1. The van der Waals surface area contributed by atoms with Crippen LogP contribution >= 0.6 is 0 Å². The molecule has 1 aliphatic rings. The van der Waals surface area contributed by atoms with Crippen molar-refractivity contribution in [3.05, 3.63) is 0 Å². The summed E-state index contributed by atoms with van der Waals surface area (Å²) in [4.78, 5) is 12.7. The molecule has 0 aromatic rings. The van der Waals surface area contributed by atoms with E-state index in [0.717, 1.165) is 45.2 Å². The molecule has 2 atom stereocenters. The van der Waals surface area contributed by atoms with Crippen molar-refractivity contribution in [2.75, 3.05) is 19.7 Å². The summed E-state index contributed by atoms with van der Waals surface area (Å²) in [7, 11) is 0. The summed E-state index contributed by atoms with van der Waals surface area (Å²) in [6, 6.07) is 0. The maximum atomic E-state index is 12.7. The quantitative estimate of drug-likeness (QED) is 0.661. The Morgan fingerprint density at radius 3 is 2.68 bits per heavy atom. The normalized spacial score (nSPS) is 26.7. The third-order valence-electron chi connectivity index (χ3n) is 4.54. The molecule has 0 radical (unpaired) electrons. The Kier molecular flexibility index (Phi) is 6.27. The first-order valence-electron chi connectivity index (χ1n) is 7.66. The minimum atomic E-state index is -0.288. The van der Waals surface area contributed by atoms with Gasteiger partial charge in [0.2, 0.25) is 5.91 Å². The van der Waals surface area contributed by atoms with Crippen LogP contribution in [0.4, 0.5) is 0 Å². The number of nitrogens with one attached hydrogen (secondary N) is 2. The molecule has 2 unspecified atom stereocenters. The predicted molar refractivity (Wildman–Crippen MR) is 78.0 cm³/mol. The highest BCUT2D eigenvalue weighted by Crippen LogP contribution is 2.33. The molecule has 19 heavy (non-hydrogen) atoms. The van der Waals surface area contributed by atoms with Gasteiger partial charge in [0.05, 0.1) is 5.41 Å². The van der Waals surface area contributed by atoms with Crippen LogP contribution in [0.1, 0.15) is 59.3 Å². The van der Waals surface area contributed by atoms with Crippen molar-refractivity contribution in [3.63, 3.8) is 0 Å². The van der Waals surface area contributed by atoms with E-state index in [9.17, 15) is 4.79 Å². The second-order valence-corrected chi connectivity index (χ2v) is 6.15. The number of carbonyl (C=O) groups excluding carboxylic acids is 1. The zero-order chi connectivity index (χ0) is 14.4. The largest absolute Gasteiger partial charge is 0.396 e. The average Bonchev–Trinajstić information content (AvgIpc) is 2.40. The molecule has 1 fully saturated rings. The predicted octanol–water partition coefficient (Wildman–Crippen LogP) is 1.82. The van der Waals surface area contributed by atoms with Gasteiger partial charge in [-0.15, -0.1) is 0 Å². The molecule has 0 spiro atoms. The van der Waals surface area contributed by atoms with E-state index in [1.165, 1.54) is 0 Å². The van der Waals surface area contributed by atoms with Gasteiger partial charge in [-0.25, -0.2) is 0 Å².